The van der Waals surface area contributed by atoms with Crippen LogP contribution in [0, 0.1) is 11.8 Å². The van der Waals surface area contributed by atoms with Crippen molar-refractivity contribution in [1.82, 2.24) is 23.7 Å². The number of carbonyl (C=O) groups excluding carboxylic acids is 2. The molecule has 0 radical (unpaired) electrons. The fraction of sp³-hybridized carbons (Fsp3) is 0.600. The Bertz CT molecular complexity index is 1030. The third-order valence-corrected chi connectivity index (χ3v) is 7.94. The Hall–Kier alpha value is -2.11. The molecule has 1 aliphatic rings. The summed E-state index contributed by atoms with van der Waals surface area (Å²) in [7, 11) is -3.72. The summed E-state index contributed by atoms with van der Waals surface area (Å²) < 4.78 is 35.8. The number of hydrogen-bond acceptors (Lipinski definition) is 7. The van der Waals surface area contributed by atoms with Gasteiger partial charge in [0.15, 0.2) is 0 Å². The fourth-order valence-electron chi connectivity index (χ4n) is 3.52. The number of rotatable bonds is 8. The molecule has 2 aromatic rings. The minimum Gasteiger partial charge on any atom is -0.354 e. The van der Waals surface area contributed by atoms with E-state index in [1.807, 2.05) is 0 Å². The topological polar surface area (TPSA) is 121 Å². The van der Waals surface area contributed by atoms with E-state index in [1.165, 1.54) is 10.4 Å². The van der Waals surface area contributed by atoms with Gasteiger partial charge in [0.2, 0.25) is 21.8 Å². The van der Waals surface area contributed by atoms with Gasteiger partial charge in [-0.05, 0) is 44.2 Å². The van der Waals surface area contributed by atoms with E-state index in [9.17, 15) is 18.0 Å². The number of piperidine rings is 1. The highest BCUT2D eigenvalue weighted by atomic mass is 32.2. The zero-order valence-electron chi connectivity index (χ0n) is 18.0. The lowest BCUT2D eigenvalue weighted by Gasteiger charge is -2.31. The summed E-state index contributed by atoms with van der Waals surface area (Å²) in [5.41, 5.74) is 0.936. The average molecular weight is 468 g/mol. The number of nitrogens with one attached hydrogen (secondary N) is 2. The van der Waals surface area contributed by atoms with Crippen LogP contribution in [0.5, 0.6) is 0 Å². The molecule has 31 heavy (non-hydrogen) atoms. The summed E-state index contributed by atoms with van der Waals surface area (Å²) in [6.07, 6.45) is 1.68. The molecular formula is C20H29N5O4S2. The first kappa shape index (κ1) is 23.6. The summed E-state index contributed by atoms with van der Waals surface area (Å²) in [6, 6.07) is 4.30. The number of aromatic nitrogens is 2. The molecule has 2 amide bonds. The molecule has 1 unspecified atom stereocenters. The Balaban J connectivity index is 1.55. The van der Waals surface area contributed by atoms with Gasteiger partial charge in [-0.1, -0.05) is 19.9 Å². The summed E-state index contributed by atoms with van der Waals surface area (Å²) >= 11 is 0.980. The maximum atomic E-state index is 13.1. The van der Waals surface area contributed by atoms with Crippen molar-refractivity contribution < 1.29 is 18.0 Å². The van der Waals surface area contributed by atoms with Crippen LogP contribution in [0.1, 0.15) is 40.0 Å². The molecule has 3 rings (SSSR count). The predicted octanol–water partition coefficient (Wildman–Crippen LogP) is 1.76. The van der Waals surface area contributed by atoms with Crippen LogP contribution in [0.3, 0.4) is 0 Å². The number of amides is 2. The first-order chi connectivity index (χ1) is 14.7. The Morgan fingerprint density at radius 2 is 1.90 bits per heavy atom. The van der Waals surface area contributed by atoms with Crippen molar-refractivity contribution in [2.24, 2.45) is 11.8 Å². The molecule has 0 bridgehead atoms. The smallest absolute Gasteiger partial charge is 0.245 e. The van der Waals surface area contributed by atoms with Crippen LogP contribution in [-0.2, 0) is 19.6 Å². The predicted molar refractivity (Wildman–Crippen MR) is 119 cm³/mol. The summed E-state index contributed by atoms with van der Waals surface area (Å²) in [5.74, 6) is -0.257. The van der Waals surface area contributed by atoms with E-state index in [2.05, 4.69) is 33.2 Å². The number of benzene rings is 1. The lowest BCUT2D eigenvalue weighted by molar-refractivity contribution is -0.131. The summed E-state index contributed by atoms with van der Waals surface area (Å²) in [4.78, 5) is 24.9. The van der Waals surface area contributed by atoms with Gasteiger partial charge < -0.3 is 10.6 Å². The molecule has 0 spiro atoms. The molecule has 0 aliphatic carbocycles. The van der Waals surface area contributed by atoms with Crippen LogP contribution < -0.4 is 10.6 Å². The molecule has 1 fully saturated rings. The SMILES string of the molecule is CC(C)CCNC(=O)C(C)NC(=O)C1CCN(S(=O)(=O)c2cccc3nsnc23)CC1. The van der Waals surface area contributed by atoms with Gasteiger partial charge in [-0.3, -0.25) is 9.59 Å². The highest BCUT2D eigenvalue weighted by molar-refractivity contribution is 7.89. The number of nitrogens with zero attached hydrogens (tertiary/aromatic N) is 3. The van der Waals surface area contributed by atoms with Crippen LogP contribution in [-0.4, -0.2) is 59.0 Å². The second-order valence-electron chi connectivity index (χ2n) is 8.27. The van der Waals surface area contributed by atoms with Crippen molar-refractivity contribution in [1.29, 1.82) is 0 Å². The van der Waals surface area contributed by atoms with Gasteiger partial charge in [-0.2, -0.15) is 13.1 Å². The molecule has 1 aromatic heterocycles. The van der Waals surface area contributed by atoms with Crippen molar-refractivity contribution >= 4 is 44.6 Å². The first-order valence-electron chi connectivity index (χ1n) is 10.5. The second-order valence-corrected chi connectivity index (χ2v) is 10.7. The Labute approximate surface area is 187 Å². The molecule has 2 N–H and O–H groups in total. The zero-order valence-corrected chi connectivity index (χ0v) is 19.6. The van der Waals surface area contributed by atoms with E-state index in [4.69, 9.17) is 0 Å². The van der Waals surface area contributed by atoms with Crippen LogP contribution in [0.4, 0.5) is 0 Å². The van der Waals surface area contributed by atoms with E-state index in [0.717, 1.165) is 18.1 Å². The molecule has 170 valence electrons. The monoisotopic (exact) mass is 467 g/mol. The van der Waals surface area contributed by atoms with Gasteiger partial charge in [-0.25, -0.2) is 8.42 Å². The summed E-state index contributed by atoms with van der Waals surface area (Å²) in [5, 5.41) is 5.59. The van der Waals surface area contributed by atoms with Crippen molar-refractivity contribution in [2.75, 3.05) is 19.6 Å². The van der Waals surface area contributed by atoms with Crippen molar-refractivity contribution in [3.63, 3.8) is 0 Å². The molecule has 1 aliphatic heterocycles. The standard InChI is InChI=1S/C20H29N5O4S2/c1-13(2)7-10-21-19(26)14(3)22-20(27)15-8-11-25(12-9-15)31(28,29)17-6-4-5-16-18(17)24-30-23-16/h4-6,13-15H,7-12H2,1-3H3,(H,21,26)(H,22,27). The lowest BCUT2D eigenvalue weighted by Crippen LogP contribution is -2.49. The highest BCUT2D eigenvalue weighted by Crippen LogP contribution is 2.28. The molecule has 2 heterocycles. The van der Waals surface area contributed by atoms with Crippen LogP contribution in [0.25, 0.3) is 11.0 Å². The quantitative estimate of drug-likeness (QED) is 0.610. The fourth-order valence-corrected chi connectivity index (χ4v) is 5.74. The van der Waals surface area contributed by atoms with Gasteiger partial charge in [0, 0.05) is 25.6 Å². The lowest BCUT2D eigenvalue weighted by atomic mass is 9.97. The van der Waals surface area contributed by atoms with Crippen molar-refractivity contribution in [2.45, 2.75) is 51.0 Å². The molecule has 1 aromatic carbocycles. The minimum absolute atomic E-state index is 0.147. The molecule has 1 saturated heterocycles. The second kappa shape index (κ2) is 10.0. The maximum absolute atomic E-state index is 13.1. The Morgan fingerprint density at radius 3 is 2.58 bits per heavy atom. The van der Waals surface area contributed by atoms with E-state index in [0.29, 0.717) is 36.3 Å². The Morgan fingerprint density at radius 1 is 1.19 bits per heavy atom. The third-order valence-electron chi connectivity index (χ3n) is 5.46. The molecule has 11 heteroatoms. The summed E-state index contributed by atoms with van der Waals surface area (Å²) in [6.45, 7) is 6.88. The van der Waals surface area contributed by atoms with E-state index < -0.39 is 16.1 Å². The van der Waals surface area contributed by atoms with Crippen LogP contribution in [0.2, 0.25) is 0 Å². The zero-order chi connectivity index (χ0) is 22.6. The molecule has 0 saturated carbocycles. The van der Waals surface area contributed by atoms with Gasteiger partial charge in [0.1, 0.15) is 22.0 Å². The van der Waals surface area contributed by atoms with Crippen molar-refractivity contribution in [3.8, 4) is 0 Å². The van der Waals surface area contributed by atoms with Gasteiger partial charge in [0.05, 0.1) is 11.7 Å². The normalized spacial score (nSPS) is 17.0. The number of sulfonamides is 1. The first-order valence-corrected chi connectivity index (χ1v) is 12.7. The van der Waals surface area contributed by atoms with E-state index in [1.54, 1.807) is 19.1 Å². The Kier molecular flexibility index (Phi) is 7.60. The van der Waals surface area contributed by atoms with Gasteiger partial charge >= 0.3 is 0 Å². The van der Waals surface area contributed by atoms with Gasteiger partial charge in [-0.15, -0.1) is 0 Å². The van der Waals surface area contributed by atoms with Crippen LogP contribution >= 0.6 is 11.7 Å². The third kappa shape index (κ3) is 5.58. The molecule has 1 atom stereocenters. The van der Waals surface area contributed by atoms with E-state index >= 15 is 0 Å². The maximum Gasteiger partial charge on any atom is 0.245 e. The molecule has 9 nitrogen and oxygen atoms in total. The van der Waals surface area contributed by atoms with Gasteiger partial charge in [0.25, 0.3) is 0 Å². The molecular weight excluding hydrogens is 438 g/mol. The average Bonchev–Trinajstić information content (AvgIpc) is 3.22. The van der Waals surface area contributed by atoms with Crippen molar-refractivity contribution in [3.05, 3.63) is 18.2 Å². The minimum atomic E-state index is -3.72. The highest BCUT2D eigenvalue weighted by Gasteiger charge is 2.34. The van der Waals surface area contributed by atoms with E-state index in [-0.39, 0.29) is 35.7 Å². The van der Waals surface area contributed by atoms with Crippen LogP contribution in [0.15, 0.2) is 23.1 Å². The number of carbonyl (C=O) groups is 2. The number of fused-ring (bicyclic) bond motifs is 1. The number of hydrogen-bond donors (Lipinski definition) is 2. The largest absolute Gasteiger partial charge is 0.354 e.